The Hall–Kier alpha value is -0.560. The van der Waals surface area contributed by atoms with E-state index in [0.29, 0.717) is 5.92 Å². The summed E-state index contributed by atoms with van der Waals surface area (Å²) in [6, 6.07) is 3.21. The second-order valence-corrected chi connectivity index (χ2v) is 7.17. The van der Waals surface area contributed by atoms with E-state index in [1.165, 1.54) is 25.7 Å². The number of halogens is 2. The zero-order chi connectivity index (χ0) is 14.2. The molecule has 1 aliphatic rings. The molecule has 1 saturated carbocycles. The van der Waals surface area contributed by atoms with Crippen LogP contribution in [0.4, 0.5) is 4.39 Å². The van der Waals surface area contributed by atoms with Gasteiger partial charge in [0.05, 0.1) is 5.38 Å². The van der Waals surface area contributed by atoms with Crippen molar-refractivity contribution >= 4 is 11.6 Å². The topological polar surface area (TPSA) is 0 Å². The molecule has 0 aromatic heterocycles. The van der Waals surface area contributed by atoms with Crippen LogP contribution >= 0.6 is 11.6 Å². The van der Waals surface area contributed by atoms with Gasteiger partial charge in [-0.3, -0.25) is 0 Å². The zero-order valence-electron chi connectivity index (χ0n) is 12.4. The number of rotatable bonds is 2. The highest BCUT2D eigenvalue weighted by molar-refractivity contribution is 6.21. The fraction of sp³-hybridized carbons (Fsp3) is 0.647. The summed E-state index contributed by atoms with van der Waals surface area (Å²) in [5.41, 5.74) is 3.39. The molecule has 0 amide bonds. The maximum Gasteiger partial charge on any atom is 0.123 e. The third-order valence-electron chi connectivity index (χ3n) is 4.78. The molecule has 0 nitrogen and oxygen atoms in total. The van der Waals surface area contributed by atoms with Crippen LogP contribution in [0.25, 0.3) is 0 Å². The Bertz CT molecular complexity index is 441. The van der Waals surface area contributed by atoms with Gasteiger partial charge in [0.25, 0.3) is 0 Å². The Morgan fingerprint density at radius 2 is 1.79 bits per heavy atom. The van der Waals surface area contributed by atoms with Gasteiger partial charge in [-0.2, -0.15) is 0 Å². The lowest BCUT2D eigenvalue weighted by Crippen LogP contribution is -2.31. The molecule has 0 saturated heterocycles. The average molecular weight is 283 g/mol. The van der Waals surface area contributed by atoms with Crippen LogP contribution in [0, 0.1) is 31.0 Å². The lowest BCUT2D eigenvalue weighted by molar-refractivity contribution is 0.133. The van der Waals surface area contributed by atoms with E-state index in [4.69, 9.17) is 11.6 Å². The predicted octanol–water partition coefficient (Wildman–Crippen LogP) is 5.94. The molecule has 1 aliphatic carbocycles. The summed E-state index contributed by atoms with van der Waals surface area (Å²) in [7, 11) is 0. The summed E-state index contributed by atoms with van der Waals surface area (Å²) in [6.07, 6.45) is 4.97. The van der Waals surface area contributed by atoms with Gasteiger partial charge in [-0.25, -0.2) is 4.39 Å². The fourth-order valence-corrected chi connectivity index (χ4v) is 4.43. The van der Waals surface area contributed by atoms with Gasteiger partial charge in [0, 0.05) is 0 Å². The molecular formula is C17H24ClF. The lowest BCUT2D eigenvalue weighted by atomic mass is 9.66. The van der Waals surface area contributed by atoms with Crippen molar-refractivity contribution in [1.29, 1.82) is 0 Å². The number of aryl methyl sites for hydroxylation is 2. The van der Waals surface area contributed by atoms with E-state index in [1.54, 1.807) is 12.1 Å². The average Bonchev–Trinajstić information content (AvgIpc) is 2.26. The first-order valence-electron chi connectivity index (χ1n) is 7.23. The Morgan fingerprint density at radius 1 is 1.21 bits per heavy atom. The minimum Gasteiger partial charge on any atom is -0.207 e. The Balaban J connectivity index is 2.36. The number of benzene rings is 1. The largest absolute Gasteiger partial charge is 0.207 e. The van der Waals surface area contributed by atoms with Gasteiger partial charge < -0.3 is 0 Å². The molecular weight excluding hydrogens is 259 g/mol. The molecule has 106 valence electrons. The third kappa shape index (κ3) is 2.97. The molecule has 0 aliphatic heterocycles. The molecule has 0 radical (unpaired) electrons. The van der Waals surface area contributed by atoms with Gasteiger partial charge >= 0.3 is 0 Å². The van der Waals surface area contributed by atoms with Crippen LogP contribution in [-0.2, 0) is 0 Å². The van der Waals surface area contributed by atoms with Crippen LogP contribution < -0.4 is 0 Å². The predicted molar refractivity (Wildman–Crippen MR) is 80.2 cm³/mol. The molecule has 0 spiro atoms. The quantitative estimate of drug-likeness (QED) is 0.589. The summed E-state index contributed by atoms with van der Waals surface area (Å²) < 4.78 is 13.4. The molecule has 2 heteroatoms. The smallest absolute Gasteiger partial charge is 0.123 e. The zero-order valence-corrected chi connectivity index (χ0v) is 13.1. The van der Waals surface area contributed by atoms with Crippen molar-refractivity contribution < 1.29 is 4.39 Å². The van der Waals surface area contributed by atoms with Crippen molar-refractivity contribution in [2.45, 2.75) is 58.8 Å². The summed E-state index contributed by atoms with van der Waals surface area (Å²) in [4.78, 5) is 0. The van der Waals surface area contributed by atoms with Crippen LogP contribution in [-0.4, -0.2) is 0 Å². The normalized spacial score (nSPS) is 24.2. The van der Waals surface area contributed by atoms with Crippen molar-refractivity contribution in [2.24, 2.45) is 11.3 Å². The van der Waals surface area contributed by atoms with Crippen molar-refractivity contribution in [3.8, 4) is 0 Å². The minimum absolute atomic E-state index is 0.00380. The molecule has 2 atom stereocenters. The number of hydrogen-bond acceptors (Lipinski definition) is 0. The van der Waals surface area contributed by atoms with E-state index in [-0.39, 0.29) is 16.6 Å². The third-order valence-corrected chi connectivity index (χ3v) is 5.30. The van der Waals surface area contributed by atoms with Crippen LogP contribution in [0.5, 0.6) is 0 Å². The minimum atomic E-state index is -0.162. The van der Waals surface area contributed by atoms with Crippen molar-refractivity contribution in [2.75, 3.05) is 0 Å². The van der Waals surface area contributed by atoms with E-state index in [1.807, 2.05) is 13.8 Å². The number of hydrogen-bond donors (Lipinski definition) is 0. The summed E-state index contributed by atoms with van der Waals surface area (Å²) in [6.45, 7) is 8.58. The fourth-order valence-electron chi connectivity index (χ4n) is 3.62. The van der Waals surface area contributed by atoms with E-state index in [2.05, 4.69) is 13.8 Å². The van der Waals surface area contributed by atoms with Gasteiger partial charge in [-0.1, -0.05) is 26.7 Å². The summed E-state index contributed by atoms with van der Waals surface area (Å²) in [5.74, 6) is 0.316. The monoisotopic (exact) mass is 282 g/mol. The van der Waals surface area contributed by atoms with Crippen molar-refractivity contribution in [3.63, 3.8) is 0 Å². The van der Waals surface area contributed by atoms with E-state index in [9.17, 15) is 4.39 Å². The van der Waals surface area contributed by atoms with E-state index >= 15 is 0 Å². The van der Waals surface area contributed by atoms with E-state index in [0.717, 1.165) is 16.7 Å². The lowest BCUT2D eigenvalue weighted by Gasteiger charge is -2.42. The van der Waals surface area contributed by atoms with Crippen LogP contribution in [0.1, 0.15) is 61.6 Å². The highest BCUT2D eigenvalue weighted by Gasteiger charge is 2.38. The van der Waals surface area contributed by atoms with Crippen LogP contribution in [0.3, 0.4) is 0 Å². The van der Waals surface area contributed by atoms with Crippen LogP contribution in [0.15, 0.2) is 12.1 Å². The molecule has 1 aromatic rings. The van der Waals surface area contributed by atoms with Gasteiger partial charge in [0.2, 0.25) is 0 Å². The second kappa shape index (κ2) is 5.44. The standard InChI is InChI=1S/C17H24ClF/c1-11-9-13(19)10-12(2)15(11)16(18)14-7-5-6-8-17(14,3)4/h9-10,14,16H,5-8H2,1-4H3. The Morgan fingerprint density at radius 3 is 2.32 bits per heavy atom. The van der Waals surface area contributed by atoms with Gasteiger partial charge in [0.15, 0.2) is 0 Å². The first-order valence-corrected chi connectivity index (χ1v) is 7.67. The molecule has 0 heterocycles. The first kappa shape index (κ1) is 14.8. The Kier molecular flexibility index (Phi) is 4.25. The molecule has 2 unspecified atom stereocenters. The molecule has 2 rings (SSSR count). The van der Waals surface area contributed by atoms with E-state index < -0.39 is 0 Å². The SMILES string of the molecule is Cc1cc(F)cc(C)c1C(Cl)C1CCCCC1(C)C. The molecule has 1 fully saturated rings. The van der Waals surface area contributed by atoms with Gasteiger partial charge in [0.1, 0.15) is 5.82 Å². The van der Waals surface area contributed by atoms with Gasteiger partial charge in [-0.05, 0) is 66.8 Å². The summed E-state index contributed by atoms with van der Waals surface area (Å²) >= 11 is 6.81. The second-order valence-electron chi connectivity index (χ2n) is 6.70. The molecule has 0 N–H and O–H groups in total. The van der Waals surface area contributed by atoms with Crippen molar-refractivity contribution in [1.82, 2.24) is 0 Å². The maximum absolute atomic E-state index is 13.4. The first-order chi connectivity index (χ1) is 8.83. The highest BCUT2D eigenvalue weighted by atomic mass is 35.5. The maximum atomic E-state index is 13.4. The number of alkyl halides is 1. The van der Waals surface area contributed by atoms with Gasteiger partial charge in [-0.15, -0.1) is 11.6 Å². The molecule has 19 heavy (non-hydrogen) atoms. The highest BCUT2D eigenvalue weighted by Crippen LogP contribution is 2.50. The van der Waals surface area contributed by atoms with Crippen LogP contribution in [0.2, 0.25) is 0 Å². The van der Waals surface area contributed by atoms with Crippen molar-refractivity contribution in [3.05, 3.63) is 34.6 Å². The molecule has 1 aromatic carbocycles. The molecule has 0 bridgehead atoms. The summed E-state index contributed by atoms with van der Waals surface area (Å²) in [5, 5.41) is -0.00380. The Labute approximate surface area is 121 Å².